The topological polar surface area (TPSA) is 103 Å². The predicted molar refractivity (Wildman–Crippen MR) is 168 cm³/mol. The number of fused-ring (bicyclic) bond motifs is 1. The van der Waals surface area contributed by atoms with Crippen molar-refractivity contribution in [2.75, 3.05) is 17.2 Å². The van der Waals surface area contributed by atoms with Crippen molar-refractivity contribution in [3.8, 4) is 6.07 Å². The minimum Gasteiger partial charge on any atom is -0.373 e. The molecule has 218 valence electrons. The monoisotopic (exact) mass is 614 g/mol. The summed E-state index contributed by atoms with van der Waals surface area (Å²) in [5, 5.41) is 30.4. The third kappa shape index (κ3) is 6.13. The first kappa shape index (κ1) is 28.9. The van der Waals surface area contributed by atoms with Crippen LogP contribution in [-0.2, 0) is 0 Å². The minimum atomic E-state index is -0.533. The van der Waals surface area contributed by atoms with Crippen molar-refractivity contribution in [1.82, 2.24) is 25.3 Å². The van der Waals surface area contributed by atoms with E-state index >= 15 is 0 Å². The molecule has 43 heavy (non-hydrogen) atoms. The molecule has 5 aromatic rings. The summed E-state index contributed by atoms with van der Waals surface area (Å²) in [5.41, 5.74) is 4.30. The Morgan fingerprint density at radius 2 is 1.88 bits per heavy atom. The summed E-state index contributed by atoms with van der Waals surface area (Å²) >= 11 is 12.8. The van der Waals surface area contributed by atoms with E-state index in [2.05, 4.69) is 51.2 Å². The second kappa shape index (κ2) is 11.8. The number of pyridine rings is 1. The average molecular weight is 616 g/mol. The molecule has 6 rings (SSSR count). The van der Waals surface area contributed by atoms with Gasteiger partial charge in [0.15, 0.2) is 0 Å². The number of nitrogens with zero attached hydrogens (tertiary/aromatic N) is 5. The maximum absolute atomic E-state index is 13.8. The van der Waals surface area contributed by atoms with E-state index in [1.807, 2.05) is 47.3 Å². The molecule has 1 fully saturated rings. The molecular formula is C32H29Cl2FN8. The molecule has 0 radical (unpaired) electrons. The summed E-state index contributed by atoms with van der Waals surface area (Å²) in [7, 11) is 0. The molecule has 8 nitrogen and oxygen atoms in total. The Hall–Kier alpha value is -4.23. The average Bonchev–Trinajstić information content (AvgIpc) is 3.48. The number of anilines is 3. The van der Waals surface area contributed by atoms with Crippen molar-refractivity contribution in [3.05, 3.63) is 106 Å². The van der Waals surface area contributed by atoms with E-state index in [1.54, 1.807) is 12.1 Å². The summed E-state index contributed by atoms with van der Waals surface area (Å²) in [4.78, 5) is 4.45. The zero-order valence-electron chi connectivity index (χ0n) is 23.6. The smallest absolute Gasteiger partial charge is 0.141 e. The second-order valence-electron chi connectivity index (χ2n) is 11.3. The fourth-order valence-electron chi connectivity index (χ4n) is 5.59. The van der Waals surface area contributed by atoms with Crippen LogP contribution in [0, 0.1) is 17.1 Å². The lowest BCUT2D eigenvalue weighted by molar-refractivity contribution is 0.219. The Labute approximate surface area is 258 Å². The van der Waals surface area contributed by atoms with Gasteiger partial charge in [-0.3, -0.25) is 4.98 Å². The zero-order chi connectivity index (χ0) is 30.1. The van der Waals surface area contributed by atoms with E-state index in [1.165, 1.54) is 18.3 Å². The SMILES string of the molecule is CC1(C)C[C@H](n2cc(C(Nc3cc(Cl)c4ncc(C#N)c(Nc5ccc(F)c(Cl)c5)c4c3)c3ccccc3)nn2)CCN1. The van der Waals surface area contributed by atoms with Crippen LogP contribution < -0.4 is 16.0 Å². The van der Waals surface area contributed by atoms with Crippen LogP contribution in [0.5, 0.6) is 0 Å². The van der Waals surface area contributed by atoms with Crippen LogP contribution >= 0.6 is 23.2 Å². The van der Waals surface area contributed by atoms with Gasteiger partial charge in [0.1, 0.15) is 17.6 Å². The lowest BCUT2D eigenvalue weighted by atomic mass is 9.89. The molecule has 3 heterocycles. The Morgan fingerprint density at radius 1 is 1.09 bits per heavy atom. The van der Waals surface area contributed by atoms with E-state index in [9.17, 15) is 9.65 Å². The van der Waals surface area contributed by atoms with Gasteiger partial charge in [0.2, 0.25) is 0 Å². The molecule has 0 aliphatic carbocycles. The Morgan fingerprint density at radius 3 is 2.63 bits per heavy atom. The number of halogens is 3. The van der Waals surface area contributed by atoms with Crippen LogP contribution in [0.2, 0.25) is 10.0 Å². The summed E-state index contributed by atoms with van der Waals surface area (Å²) < 4.78 is 15.8. The number of piperidine rings is 1. The van der Waals surface area contributed by atoms with E-state index in [4.69, 9.17) is 23.2 Å². The van der Waals surface area contributed by atoms with Crippen molar-refractivity contribution < 1.29 is 4.39 Å². The lowest BCUT2D eigenvalue weighted by Gasteiger charge is -2.36. The fraction of sp³-hybridized carbons (Fsp3) is 0.250. The first-order chi connectivity index (χ1) is 20.7. The van der Waals surface area contributed by atoms with Gasteiger partial charge in [0, 0.05) is 28.5 Å². The number of nitriles is 1. The van der Waals surface area contributed by atoms with Gasteiger partial charge in [-0.05, 0) is 69.1 Å². The Balaban J connectivity index is 1.39. The van der Waals surface area contributed by atoms with Gasteiger partial charge < -0.3 is 16.0 Å². The highest BCUT2D eigenvalue weighted by atomic mass is 35.5. The molecule has 0 amide bonds. The van der Waals surface area contributed by atoms with Gasteiger partial charge >= 0.3 is 0 Å². The Kier molecular flexibility index (Phi) is 7.93. The lowest BCUT2D eigenvalue weighted by Crippen LogP contribution is -2.46. The molecule has 0 saturated carbocycles. The maximum atomic E-state index is 13.8. The second-order valence-corrected chi connectivity index (χ2v) is 12.1. The van der Waals surface area contributed by atoms with Crippen LogP contribution in [0.15, 0.2) is 73.1 Å². The van der Waals surface area contributed by atoms with E-state index in [0.717, 1.165) is 30.6 Å². The van der Waals surface area contributed by atoms with Crippen LogP contribution in [-0.4, -0.2) is 32.1 Å². The van der Waals surface area contributed by atoms with Crippen molar-refractivity contribution in [2.24, 2.45) is 0 Å². The van der Waals surface area contributed by atoms with Crippen molar-refractivity contribution in [1.29, 1.82) is 5.26 Å². The van der Waals surface area contributed by atoms with E-state index < -0.39 is 5.82 Å². The van der Waals surface area contributed by atoms with Crippen molar-refractivity contribution in [3.63, 3.8) is 0 Å². The molecule has 3 aromatic carbocycles. The van der Waals surface area contributed by atoms with Gasteiger partial charge in [0.25, 0.3) is 0 Å². The van der Waals surface area contributed by atoms with Crippen LogP contribution in [0.3, 0.4) is 0 Å². The number of hydrogen-bond donors (Lipinski definition) is 3. The molecule has 1 aliphatic heterocycles. The van der Waals surface area contributed by atoms with Gasteiger partial charge in [-0.15, -0.1) is 5.10 Å². The summed E-state index contributed by atoms with van der Waals surface area (Å²) in [6, 6.07) is 20.1. The molecule has 1 aliphatic rings. The van der Waals surface area contributed by atoms with Gasteiger partial charge in [-0.2, -0.15) is 5.26 Å². The summed E-state index contributed by atoms with van der Waals surface area (Å²) in [6.45, 7) is 5.33. The van der Waals surface area contributed by atoms with Crippen LogP contribution in [0.1, 0.15) is 55.6 Å². The number of rotatable bonds is 7. The largest absolute Gasteiger partial charge is 0.373 e. The molecule has 11 heteroatoms. The molecular weight excluding hydrogens is 586 g/mol. The minimum absolute atomic E-state index is 0.0231. The van der Waals surface area contributed by atoms with E-state index in [-0.39, 0.29) is 22.6 Å². The summed E-state index contributed by atoms with van der Waals surface area (Å²) in [6.07, 6.45) is 5.39. The molecule has 2 atom stereocenters. The Bertz CT molecular complexity index is 1830. The van der Waals surface area contributed by atoms with Crippen molar-refractivity contribution in [2.45, 2.75) is 44.3 Å². The number of nitrogens with one attached hydrogen (secondary N) is 3. The first-order valence-corrected chi connectivity index (χ1v) is 14.7. The maximum Gasteiger partial charge on any atom is 0.141 e. The predicted octanol–water partition coefficient (Wildman–Crippen LogP) is 7.79. The van der Waals surface area contributed by atoms with Gasteiger partial charge in [0.05, 0.1) is 45.1 Å². The van der Waals surface area contributed by atoms with Gasteiger partial charge in [-0.1, -0.05) is 58.7 Å². The van der Waals surface area contributed by atoms with Crippen LogP contribution in [0.4, 0.5) is 21.5 Å². The highest BCUT2D eigenvalue weighted by Gasteiger charge is 2.30. The third-order valence-corrected chi connectivity index (χ3v) is 8.28. The highest BCUT2D eigenvalue weighted by Crippen LogP contribution is 2.37. The first-order valence-electron chi connectivity index (χ1n) is 13.9. The number of aromatic nitrogens is 4. The normalized spacial score (nSPS) is 16.9. The van der Waals surface area contributed by atoms with Crippen LogP contribution in [0.25, 0.3) is 10.9 Å². The molecule has 0 spiro atoms. The molecule has 0 bridgehead atoms. The summed E-state index contributed by atoms with van der Waals surface area (Å²) in [5.74, 6) is -0.533. The van der Waals surface area contributed by atoms with Crippen molar-refractivity contribution >= 4 is 51.2 Å². The zero-order valence-corrected chi connectivity index (χ0v) is 25.1. The standard InChI is InChI=1S/C32H29Cl2FN8/c1-32(2)15-23(10-11-38-32)43-18-28(41-42-43)30(19-6-4-3-5-7-19)40-22-12-24-29(39-21-8-9-27(35)25(33)13-21)20(16-36)17-37-31(24)26(34)14-22/h3-9,12-14,17-18,23,30,38,40H,10-11,15H2,1-2H3,(H,37,39)/t23-,30?/m1/s1. The molecule has 1 saturated heterocycles. The molecule has 2 aromatic heterocycles. The van der Waals surface area contributed by atoms with Gasteiger partial charge in [-0.25, -0.2) is 9.07 Å². The number of benzene rings is 3. The third-order valence-electron chi connectivity index (χ3n) is 7.70. The van der Waals surface area contributed by atoms with E-state index in [0.29, 0.717) is 38.6 Å². The number of hydrogen-bond acceptors (Lipinski definition) is 7. The fourth-order valence-corrected chi connectivity index (χ4v) is 6.04. The molecule has 1 unspecified atom stereocenters. The quantitative estimate of drug-likeness (QED) is 0.172. The molecule has 3 N–H and O–H groups in total. The highest BCUT2D eigenvalue weighted by molar-refractivity contribution is 6.36.